The van der Waals surface area contributed by atoms with Gasteiger partial charge in [0.25, 0.3) is 0 Å². The Kier molecular flexibility index (Phi) is 2.74. The summed E-state index contributed by atoms with van der Waals surface area (Å²) < 4.78 is 19.3. The fourth-order valence-electron chi connectivity index (χ4n) is 1.60. The molecule has 14 heavy (non-hydrogen) atoms. The lowest BCUT2D eigenvalue weighted by atomic mass is 10.1. The molecule has 0 amide bonds. The molecule has 1 aromatic carbocycles. The van der Waals surface area contributed by atoms with Crippen LogP contribution in [0, 0.1) is 5.82 Å². The molecule has 1 aliphatic rings. The zero-order valence-corrected chi connectivity index (χ0v) is 9.05. The lowest BCUT2D eigenvalue weighted by Gasteiger charge is -2.13. The normalized spacial score (nSPS) is 20.9. The Balaban J connectivity index is 2.57. The van der Waals surface area contributed by atoms with Crippen molar-refractivity contribution in [2.45, 2.75) is 18.9 Å². The van der Waals surface area contributed by atoms with Crippen LogP contribution in [0.3, 0.4) is 0 Å². The molecule has 1 N–H and O–H groups in total. The maximum Gasteiger partial charge on any atom is 0.165 e. The predicted molar refractivity (Wildman–Crippen MR) is 53.8 cm³/mol. The van der Waals surface area contributed by atoms with Gasteiger partial charge in [-0.25, -0.2) is 4.39 Å². The van der Waals surface area contributed by atoms with Crippen molar-refractivity contribution in [1.29, 1.82) is 0 Å². The number of ether oxygens (including phenoxy) is 1. The molecule has 0 bridgehead atoms. The number of halogens is 2. The number of hydrogen-bond donors (Lipinski definition) is 1. The molecule has 0 aliphatic carbocycles. The number of fused-ring (bicyclic) bond motifs is 1. The van der Waals surface area contributed by atoms with E-state index in [1.54, 1.807) is 6.07 Å². The minimum Gasteiger partial charge on any atom is -0.490 e. The molecule has 0 spiro atoms. The highest BCUT2D eigenvalue weighted by Crippen LogP contribution is 2.38. The van der Waals surface area contributed by atoms with Gasteiger partial charge in [0.1, 0.15) is 0 Å². The van der Waals surface area contributed by atoms with Gasteiger partial charge in [-0.3, -0.25) is 0 Å². The van der Waals surface area contributed by atoms with Crippen LogP contribution in [-0.2, 0) is 0 Å². The number of rotatable bonds is 0. The van der Waals surface area contributed by atoms with Gasteiger partial charge in [0.2, 0.25) is 0 Å². The van der Waals surface area contributed by atoms with Crippen LogP contribution < -0.4 is 4.74 Å². The van der Waals surface area contributed by atoms with E-state index in [-0.39, 0.29) is 5.75 Å². The van der Waals surface area contributed by atoms with E-state index in [1.165, 1.54) is 6.07 Å². The van der Waals surface area contributed by atoms with Crippen LogP contribution in [0.5, 0.6) is 5.75 Å². The smallest absolute Gasteiger partial charge is 0.165 e. The van der Waals surface area contributed by atoms with Crippen molar-refractivity contribution in [3.63, 3.8) is 0 Å². The van der Waals surface area contributed by atoms with Gasteiger partial charge in [-0.05, 0) is 25.0 Å². The summed E-state index contributed by atoms with van der Waals surface area (Å²) in [7, 11) is 0. The molecule has 0 saturated heterocycles. The average Bonchev–Trinajstić information content (AvgIpc) is 2.35. The van der Waals surface area contributed by atoms with Gasteiger partial charge < -0.3 is 9.84 Å². The standard InChI is InChI=1S/C10H10BrFO2/c11-6-3-4-7(12)10-9(6)8(13)2-1-5-14-10/h3-4,8,13H,1-2,5H2. The molecule has 76 valence electrons. The second-order valence-electron chi connectivity index (χ2n) is 3.28. The molecule has 4 heteroatoms. The van der Waals surface area contributed by atoms with Gasteiger partial charge in [0.15, 0.2) is 11.6 Å². The van der Waals surface area contributed by atoms with E-state index in [0.29, 0.717) is 23.1 Å². The third-order valence-electron chi connectivity index (χ3n) is 2.30. The molecule has 1 aliphatic heterocycles. The van der Waals surface area contributed by atoms with Crippen molar-refractivity contribution in [3.8, 4) is 5.75 Å². The summed E-state index contributed by atoms with van der Waals surface area (Å²) in [6, 6.07) is 2.92. The van der Waals surface area contributed by atoms with Gasteiger partial charge in [-0.2, -0.15) is 0 Å². The minimum atomic E-state index is -0.641. The lowest BCUT2D eigenvalue weighted by Crippen LogP contribution is -2.00. The van der Waals surface area contributed by atoms with Crippen molar-refractivity contribution >= 4 is 15.9 Å². The van der Waals surface area contributed by atoms with Crippen molar-refractivity contribution in [2.75, 3.05) is 6.61 Å². The SMILES string of the molecule is OC1CCCOc2c(F)ccc(Br)c21. The molecular formula is C10H10BrFO2. The molecule has 1 aromatic rings. The molecule has 0 saturated carbocycles. The summed E-state index contributed by atoms with van der Waals surface area (Å²) in [6.07, 6.45) is 0.703. The molecule has 1 heterocycles. The first-order valence-corrected chi connectivity index (χ1v) is 5.28. The molecule has 0 aromatic heterocycles. The lowest BCUT2D eigenvalue weighted by molar-refractivity contribution is 0.166. The zero-order valence-electron chi connectivity index (χ0n) is 7.46. The first kappa shape index (κ1) is 9.93. The minimum absolute atomic E-state index is 0.185. The van der Waals surface area contributed by atoms with E-state index in [1.807, 2.05) is 0 Å². The summed E-state index contributed by atoms with van der Waals surface area (Å²) in [6.45, 7) is 0.456. The Bertz CT molecular complexity index is 354. The molecular weight excluding hydrogens is 251 g/mol. The number of benzene rings is 1. The molecule has 2 nitrogen and oxygen atoms in total. The van der Waals surface area contributed by atoms with Crippen LogP contribution in [0.4, 0.5) is 4.39 Å². The monoisotopic (exact) mass is 260 g/mol. The fraction of sp³-hybridized carbons (Fsp3) is 0.400. The largest absolute Gasteiger partial charge is 0.490 e. The van der Waals surface area contributed by atoms with E-state index in [2.05, 4.69) is 15.9 Å². The van der Waals surface area contributed by atoms with E-state index in [4.69, 9.17) is 4.74 Å². The summed E-state index contributed by atoms with van der Waals surface area (Å²) in [5.41, 5.74) is 0.530. The van der Waals surface area contributed by atoms with Crippen molar-refractivity contribution < 1.29 is 14.2 Å². The Hall–Kier alpha value is -0.610. The predicted octanol–water partition coefficient (Wildman–Crippen LogP) is 2.79. The summed E-state index contributed by atoms with van der Waals surface area (Å²) in [5.74, 6) is -0.228. The summed E-state index contributed by atoms with van der Waals surface area (Å²) >= 11 is 3.28. The Morgan fingerprint density at radius 1 is 1.50 bits per heavy atom. The van der Waals surface area contributed by atoms with Gasteiger partial charge in [-0.15, -0.1) is 0 Å². The topological polar surface area (TPSA) is 29.5 Å². The third kappa shape index (κ3) is 1.64. The highest BCUT2D eigenvalue weighted by Gasteiger charge is 2.23. The van der Waals surface area contributed by atoms with Crippen LogP contribution in [0.2, 0.25) is 0 Å². The molecule has 2 rings (SSSR count). The third-order valence-corrected chi connectivity index (χ3v) is 2.99. The maximum atomic E-state index is 13.3. The van der Waals surface area contributed by atoms with Crippen LogP contribution in [0.1, 0.15) is 24.5 Å². The van der Waals surface area contributed by atoms with E-state index in [0.717, 1.165) is 6.42 Å². The first-order chi connectivity index (χ1) is 6.70. The van der Waals surface area contributed by atoms with Crippen LogP contribution >= 0.6 is 15.9 Å². The summed E-state index contributed by atoms with van der Waals surface area (Å²) in [4.78, 5) is 0. The second-order valence-corrected chi connectivity index (χ2v) is 4.13. The maximum absolute atomic E-state index is 13.3. The van der Waals surface area contributed by atoms with Gasteiger partial charge in [0.05, 0.1) is 12.7 Å². The summed E-state index contributed by atoms with van der Waals surface area (Å²) in [5, 5.41) is 9.77. The molecule has 1 unspecified atom stereocenters. The van der Waals surface area contributed by atoms with Gasteiger partial charge in [-0.1, -0.05) is 15.9 Å². The van der Waals surface area contributed by atoms with Gasteiger partial charge in [0, 0.05) is 10.0 Å². The number of hydrogen-bond acceptors (Lipinski definition) is 2. The van der Waals surface area contributed by atoms with Crippen molar-refractivity contribution in [2.24, 2.45) is 0 Å². The Morgan fingerprint density at radius 2 is 2.29 bits per heavy atom. The Labute approximate surface area is 89.8 Å². The zero-order chi connectivity index (χ0) is 10.1. The second kappa shape index (κ2) is 3.87. The highest BCUT2D eigenvalue weighted by atomic mass is 79.9. The average molecular weight is 261 g/mol. The quantitative estimate of drug-likeness (QED) is 0.778. The molecule has 0 radical (unpaired) electrons. The number of aliphatic hydroxyl groups excluding tert-OH is 1. The van der Waals surface area contributed by atoms with Crippen LogP contribution in [-0.4, -0.2) is 11.7 Å². The first-order valence-electron chi connectivity index (χ1n) is 4.49. The fourth-order valence-corrected chi connectivity index (χ4v) is 2.18. The van der Waals surface area contributed by atoms with Crippen molar-refractivity contribution in [1.82, 2.24) is 0 Å². The molecule has 1 atom stereocenters. The van der Waals surface area contributed by atoms with E-state index in [9.17, 15) is 9.50 Å². The van der Waals surface area contributed by atoms with Crippen LogP contribution in [0.15, 0.2) is 16.6 Å². The van der Waals surface area contributed by atoms with Crippen LogP contribution in [0.25, 0.3) is 0 Å². The van der Waals surface area contributed by atoms with Crippen molar-refractivity contribution in [3.05, 3.63) is 28.0 Å². The number of aliphatic hydroxyl groups is 1. The Morgan fingerprint density at radius 3 is 3.07 bits per heavy atom. The van der Waals surface area contributed by atoms with E-state index < -0.39 is 11.9 Å². The van der Waals surface area contributed by atoms with E-state index >= 15 is 0 Å². The highest BCUT2D eigenvalue weighted by molar-refractivity contribution is 9.10. The molecule has 0 fully saturated rings. The van der Waals surface area contributed by atoms with Gasteiger partial charge >= 0.3 is 0 Å².